The van der Waals surface area contributed by atoms with Crippen LogP contribution < -0.4 is 5.32 Å². The molecule has 0 spiro atoms. The van der Waals surface area contributed by atoms with Crippen molar-refractivity contribution in [1.29, 1.82) is 0 Å². The van der Waals surface area contributed by atoms with Crippen LogP contribution in [0.25, 0.3) is 5.65 Å². The Morgan fingerprint density at radius 1 is 1.28 bits per heavy atom. The van der Waals surface area contributed by atoms with Gasteiger partial charge in [-0.1, -0.05) is 0 Å². The second kappa shape index (κ2) is 5.19. The van der Waals surface area contributed by atoms with Gasteiger partial charge in [0.2, 0.25) is 0 Å². The highest BCUT2D eigenvalue weighted by Gasteiger charge is 2.29. The summed E-state index contributed by atoms with van der Waals surface area (Å²) >= 11 is 3.25. The maximum atomic E-state index is 9.28. The molecule has 4 N–H and O–H groups in total. The number of imidazole rings is 1. The SMILES string of the molecule is OCC(CO)(CO)Nc1nc(Br)cn2ccnc12. The van der Waals surface area contributed by atoms with E-state index in [4.69, 9.17) is 0 Å². The molecule has 0 aromatic carbocycles. The van der Waals surface area contributed by atoms with Crippen LogP contribution >= 0.6 is 15.9 Å². The van der Waals surface area contributed by atoms with Crippen molar-refractivity contribution in [2.24, 2.45) is 0 Å². The van der Waals surface area contributed by atoms with Gasteiger partial charge in [0, 0.05) is 18.6 Å². The Labute approximate surface area is 111 Å². The summed E-state index contributed by atoms with van der Waals surface area (Å²) in [5.74, 6) is 0.367. The third-order valence-corrected chi connectivity index (χ3v) is 3.02. The highest BCUT2D eigenvalue weighted by molar-refractivity contribution is 9.10. The van der Waals surface area contributed by atoms with Crippen molar-refractivity contribution in [3.05, 3.63) is 23.2 Å². The summed E-state index contributed by atoms with van der Waals surface area (Å²) in [5.41, 5.74) is -0.696. The maximum Gasteiger partial charge on any atom is 0.180 e. The summed E-state index contributed by atoms with van der Waals surface area (Å²) in [6.07, 6.45) is 5.07. The lowest BCUT2D eigenvalue weighted by atomic mass is 10.0. The van der Waals surface area contributed by atoms with Crippen LogP contribution in [0.3, 0.4) is 0 Å². The number of hydrogen-bond donors (Lipinski definition) is 4. The number of anilines is 1. The van der Waals surface area contributed by atoms with Crippen molar-refractivity contribution < 1.29 is 15.3 Å². The molecule has 0 bridgehead atoms. The largest absolute Gasteiger partial charge is 0.394 e. The third kappa shape index (κ3) is 2.32. The minimum atomic E-state index is -1.24. The van der Waals surface area contributed by atoms with E-state index in [0.29, 0.717) is 16.1 Å². The summed E-state index contributed by atoms with van der Waals surface area (Å²) in [4.78, 5) is 8.31. The third-order valence-electron chi connectivity index (χ3n) is 2.64. The summed E-state index contributed by atoms with van der Waals surface area (Å²) in [5, 5.41) is 30.7. The molecule has 8 heteroatoms. The van der Waals surface area contributed by atoms with E-state index in [0.717, 1.165) is 0 Å². The number of rotatable bonds is 5. The fraction of sp³-hybridized carbons (Fsp3) is 0.400. The number of hydrogen-bond acceptors (Lipinski definition) is 6. The molecule has 0 radical (unpaired) electrons. The molecule has 7 nitrogen and oxygen atoms in total. The van der Waals surface area contributed by atoms with E-state index < -0.39 is 25.4 Å². The maximum absolute atomic E-state index is 9.28. The van der Waals surface area contributed by atoms with Gasteiger partial charge in [0.25, 0.3) is 0 Å². The second-order valence-corrected chi connectivity index (χ2v) is 4.76. The first-order valence-electron chi connectivity index (χ1n) is 5.24. The molecule has 0 amide bonds. The van der Waals surface area contributed by atoms with Gasteiger partial charge in [-0.05, 0) is 15.9 Å². The van der Waals surface area contributed by atoms with Crippen LogP contribution in [-0.2, 0) is 0 Å². The lowest BCUT2D eigenvalue weighted by molar-refractivity contribution is 0.0831. The highest BCUT2D eigenvalue weighted by Crippen LogP contribution is 2.20. The number of aliphatic hydroxyl groups is 3. The molecule has 18 heavy (non-hydrogen) atoms. The van der Waals surface area contributed by atoms with Crippen LogP contribution in [0, 0.1) is 0 Å². The lowest BCUT2D eigenvalue weighted by Crippen LogP contribution is -2.49. The fourth-order valence-corrected chi connectivity index (χ4v) is 1.90. The van der Waals surface area contributed by atoms with Crippen molar-refractivity contribution in [2.45, 2.75) is 5.54 Å². The lowest BCUT2D eigenvalue weighted by Gasteiger charge is -2.29. The summed E-state index contributed by atoms with van der Waals surface area (Å²) in [6.45, 7) is -1.29. The van der Waals surface area contributed by atoms with Crippen molar-refractivity contribution in [3.8, 4) is 0 Å². The zero-order valence-electron chi connectivity index (χ0n) is 9.41. The molecule has 2 aromatic rings. The van der Waals surface area contributed by atoms with E-state index in [1.165, 1.54) is 0 Å². The van der Waals surface area contributed by atoms with Gasteiger partial charge in [0.1, 0.15) is 10.1 Å². The predicted molar refractivity (Wildman–Crippen MR) is 68.3 cm³/mol. The van der Waals surface area contributed by atoms with Crippen LogP contribution in [-0.4, -0.2) is 55.0 Å². The highest BCUT2D eigenvalue weighted by atomic mass is 79.9. The average Bonchev–Trinajstić information content (AvgIpc) is 2.84. The molecule has 0 unspecified atom stereocenters. The van der Waals surface area contributed by atoms with Gasteiger partial charge in [0.15, 0.2) is 11.5 Å². The molecule has 0 aliphatic carbocycles. The number of nitrogens with one attached hydrogen (secondary N) is 1. The molecule has 0 saturated carbocycles. The number of aromatic nitrogens is 3. The van der Waals surface area contributed by atoms with E-state index in [2.05, 4.69) is 31.2 Å². The van der Waals surface area contributed by atoms with E-state index >= 15 is 0 Å². The molecule has 0 aliphatic heterocycles. The van der Waals surface area contributed by atoms with Gasteiger partial charge in [-0.15, -0.1) is 0 Å². The first kappa shape index (κ1) is 13.2. The number of aliphatic hydroxyl groups excluding tert-OH is 3. The Morgan fingerprint density at radius 2 is 1.94 bits per heavy atom. The Balaban J connectivity index is 2.44. The van der Waals surface area contributed by atoms with Crippen LogP contribution in [0.1, 0.15) is 0 Å². The molecular weight excluding hydrogens is 304 g/mol. The van der Waals surface area contributed by atoms with Gasteiger partial charge >= 0.3 is 0 Å². The van der Waals surface area contributed by atoms with Crippen molar-refractivity contribution in [1.82, 2.24) is 14.4 Å². The van der Waals surface area contributed by atoms with Gasteiger partial charge in [-0.3, -0.25) is 0 Å². The van der Waals surface area contributed by atoms with Gasteiger partial charge in [-0.25, -0.2) is 9.97 Å². The van der Waals surface area contributed by atoms with Crippen molar-refractivity contribution in [3.63, 3.8) is 0 Å². The zero-order valence-corrected chi connectivity index (χ0v) is 11.0. The minimum absolute atomic E-state index is 0.367. The van der Waals surface area contributed by atoms with E-state index in [9.17, 15) is 15.3 Å². The van der Waals surface area contributed by atoms with Crippen LogP contribution in [0.2, 0.25) is 0 Å². The molecule has 0 atom stereocenters. The van der Waals surface area contributed by atoms with E-state index in [1.807, 2.05) is 0 Å². The summed E-state index contributed by atoms with van der Waals surface area (Å²) in [6, 6.07) is 0. The smallest absolute Gasteiger partial charge is 0.180 e. The molecule has 2 heterocycles. The van der Waals surface area contributed by atoms with Crippen molar-refractivity contribution >= 4 is 27.4 Å². The Bertz CT molecular complexity index is 533. The Kier molecular flexibility index (Phi) is 3.81. The first-order valence-corrected chi connectivity index (χ1v) is 6.03. The Morgan fingerprint density at radius 3 is 2.56 bits per heavy atom. The van der Waals surface area contributed by atoms with E-state index in [-0.39, 0.29) is 0 Å². The first-order chi connectivity index (χ1) is 8.64. The van der Waals surface area contributed by atoms with Crippen LogP contribution in [0.4, 0.5) is 5.82 Å². The topological polar surface area (TPSA) is 103 Å². The monoisotopic (exact) mass is 316 g/mol. The molecule has 0 aliphatic rings. The van der Waals surface area contributed by atoms with Crippen LogP contribution in [0.15, 0.2) is 23.2 Å². The van der Waals surface area contributed by atoms with Gasteiger partial charge in [-0.2, -0.15) is 0 Å². The summed E-state index contributed by atoms with van der Waals surface area (Å²) < 4.78 is 2.30. The Hall–Kier alpha value is -1.22. The molecule has 0 saturated heterocycles. The number of nitrogens with zero attached hydrogens (tertiary/aromatic N) is 3. The fourth-order valence-electron chi connectivity index (χ4n) is 1.50. The molecule has 0 fully saturated rings. The van der Waals surface area contributed by atoms with E-state index in [1.54, 1.807) is 23.0 Å². The molecule has 98 valence electrons. The van der Waals surface area contributed by atoms with Gasteiger partial charge < -0.3 is 25.0 Å². The average molecular weight is 317 g/mol. The number of halogens is 1. The quantitative estimate of drug-likeness (QED) is 0.599. The number of fused-ring (bicyclic) bond motifs is 1. The van der Waals surface area contributed by atoms with Crippen molar-refractivity contribution in [2.75, 3.05) is 25.1 Å². The molecule has 2 aromatic heterocycles. The van der Waals surface area contributed by atoms with Crippen LogP contribution in [0.5, 0.6) is 0 Å². The standard InChI is InChI=1S/C10H13BrN4O3/c11-7-3-15-2-1-12-9(15)8(13-7)14-10(4-16,5-17)6-18/h1-3,16-18H,4-6H2,(H,13,14). The molecule has 2 rings (SSSR count). The minimum Gasteiger partial charge on any atom is -0.394 e. The normalized spacial score (nSPS) is 12.0. The summed E-state index contributed by atoms with van der Waals surface area (Å²) in [7, 11) is 0. The van der Waals surface area contributed by atoms with Gasteiger partial charge in [0.05, 0.1) is 19.8 Å². The molecular formula is C10H13BrN4O3. The second-order valence-electron chi connectivity index (χ2n) is 3.95. The predicted octanol–water partition coefficient (Wildman–Crippen LogP) is -0.381. The zero-order chi connectivity index (χ0) is 13.2.